The van der Waals surface area contributed by atoms with Gasteiger partial charge in [-0.3, -0.25) is 4.90 Å². The van der Waals surface area contributed by atoms with Gasteiger partial charge in [0, 0.05) is 52.4 Å². The topological polar surface area (TPSA) is 45.6 Å². The Bertz CT molecular complexity index is 491. The molecule has 1 N–H and O–H groups in total. The van der Waals surface area contributed by atoms with Crippen molar-refractivity contribution in [1.29, 1.82) is 0 Å². The lowest BCUT2D eigenvalue weighted by Gasteiger charge is -2.40. The first-order valence-electron chi connectivity index (χ1n) is 8.63. The zero-order chi connectivity index (χ0) is 17.0. The molecule has 2 rings (SSSR count). The largest absolute Gasteiger partial charge is 0.481 e. The van der Waals surface area contributed by atoms with Crippen molar-refractivity contribution in [2.24, 2.45) is 13.0 Å². The van der Waals surface area contributed by atoms with Crippen molar-refractivity contribution >= 4 is 0 Å². The van der Waals surface area contributed by atoms with Gasteiger partial charge in [0.1, 0.15) is 0 Å². The summed E-state index contributed by atoms with van der Waals surface area (Å²) < 4.78 is 7.29. The number of piperazine rings is 1. The summed E-state index contributed by atoms with van der Waals surface area (Å²) in [5.41, 5.74) is 2.20. The Morgan fingerprint density at radius 1 is 1.17 bits per heavy atom. The number of rotatable bonds is 7. The molecule has 1 saturated heterocycles. The molecule has 1 aromatic rings. The molecule has 1 aliphatic rings. The SMILES string of the molecule is COc1c(CNC[C@@H](C(C)C)N2CCN(C)CC2)c(C)nn1C. The van der Waals surface area contributed by atoms with Gasteiger partial charge in [0.15, 0.2) is 0 Å². The maximum atomic E-state index is 5.47. The molecule has 1 fully saturated rings. The second-order valence-electron chi connectivity index (χ2n) is 6.98. The van der Waals surface area contributed by atoms with E-state index in [0.717, 1.165) is 43.3 Å². The molecular formula is C17H33N5O. The molecule has 0 amide bonds. The van der Waals surface area contributed by atoms with Crippen LogP contribution in [-0.2, 0) is 13.6 Å². The van der Waals surface area contributed by atoms with Gasteiger partial charge in [-0.25, -0.2) is 4.68 Å². The number of nitrogens with one attached hydrogen (secondary N) is 1. The molecule has 0 radical (unpaired) electrons. The molecule has 2 heterocycles. The van der Waals surface area contributed by atoms with Crippen LogP contribution in [0.3, 0.4) is 0 Å². The highest BCUT2D eigenvalue weighted by Gasteiger charge is 2.25. The third kappa shape index (κ3) is 4.46. The highest BCUT2D eigenvalue weighted by atomic mass is 16.5. The molecule has 0 spiro atoms. The number of hydrogen-bond donors (Lipinski definition) is 1. The van der Waals surface area contributed by atoms with Crippen molar-refractivity contribution in [3.63, 3.8) is 0 Å². The van der Waals surface area contributed by atoms with Crippen LogP contribution in [0.1, 0.15) is 25.1 Å². The molecule has 0 bridgehead atoms. The van der Waals surface area contributed by atoms with E-state index in [0.29, 0.717) is 12.0 Å². The molecule has 132 valence electrons. The lowest BCUT2D eigenvalue weighted by molar-refractivity contribution is 0.0875. The highest BCUT2D eigenvalue weighted by molar-refractivity contribution is 5.30. The van der Waals surface area contributed by atoms with Gasteiger partial charge in [-0.1, -0.05) is 13.8 Å². The summed E-state index contributed by atoms with van der Waals surface area (Å²) >= 11 is 0. The van der Waals surface area contributed by atoms with Gasteiger partial charge >= 0.3 is 0 Å². The molecule has 1 aromatic heterocycles. The van der Waals surface area contributed by atoms with E-state index >= 15 is 0 Å². The normalized spacial score (nSPS) is 18.6. The van der Waals surface area contributed by atoms with Crippen LogP contribution < -0.4 is 10.1 Å². The lowest BCUT2D eigenvalue weighted by atomic mass is 10.0. The number of methoxy groups -OCH3 is 1. The third-order valence-corrected chi connectivity index (χ3v) is 4.91. The minimum Gasteiger partial charge on any atom is -0.481 e. The molecule has 23 heavy (non-hydrogen) atoms. The third-order valence-electron chi connectivity index (χ3n) is 4.91. The molecule has 0 unspecified atom stereocenters. The number of ether oxygens (including phenoxy) is 1. The Labute approximate surface area is 140 Å². The average molecular weight is 323 g/mol. The summed E-state index contributed by atoms with van der Waals surface area (Å²) in [7, 11) is 5.84. The Hall–Kier alpha value is -1.11. The zero-order valence-electron chi connectivity index (χ0n) is 15.6. The van der Waals surface area contributed by atoms with Crippen molar-refractivity contribution in [1.82, 2.24) is 24.9 Å². The molecule has 6 nitrogen and oxygen atoms in total. The predicted molar refractivity (Wildman–Crippen MR) is 93.9 cm³/mol. The second kappa shape index (κ2) is 8.13. The molecule has 1 atom stereocenters. The van der Waals surface area contributed by atoms with Crippen LogP contribution in [0.4, 0.5) is 0 Å². The number of likely N-dealkylation sites (N-methyl/N-ethyl adjacent to an activating group) is 1. The van der Waals surface area contributed by atoms with E-state index < -0.39 is 0 Å². The number of hydrogen-bond acceptors (Lipinski definition) is 5. The maximum absolute atomic E-state index is 5.47. The number of nitrogens with zero attached hydrogens (tertiary/aromatic N) is 4. The standard InChI is InChI=1S/C17H33N5O/c1-13(2)16(22-9-7-20(4)8-10-22)12-18-11-15-14(3)19-21(5)17(15)23-6/h13,16,18H,7-12H2,1-6H3/t16-/m0/s1. The molecule has 0 saturated carbocycles. The minimum atomic E-state index is 0.576. The van der Waals surface area contributed by atoms with Crippen molar-refractivity contribution in [3.8, 4) is 5.88 Å². The number of aromatic nitrogens is 2. The Balaban J connectivity index is 1.92. The number of aryl methyl sites for hydroxylation is 2. The van der Waals surface area contributed by atoms with Crippen molar-refractivity contribution in [2.75, 3.05) is 46.9 Å². The van der Waals surface area contributed by atoms with Gasteiger partial charge in [0.25, 0.3) is 0 Å². The summed E-state index contributed by atoms with van der Waals surface area (Å²) in [5, 5.41) is 8.08. The van der Waals surface area contributed by atoms with E-state index in [1.807, 2.05) is 18.7 Å². The first kappa shape index (κ1) is 18.2. The maximum Gasteiger partial charge on any atom is 0.216 e. The summed E-state index contributed by atoms with van der Waals surface area (Å²) in [5.74, 6) is 1.50. The van der Waals surface area contributed by atoms with Crippen molar-refractivity contribution < 1.29 is 4.74 Å². The molecule has 0 aliphatic carbocycles. The van der Waals surface area contributed by atoms with Gasteiger partial charge in [-0.2, -0.15) is 5.10 Å². The summed E-state index contributed by atoms with van der Waals surface area (Å²) in [6.07, 6.45) is 0. The molecular weight excluding hydrogens is 290 g/mol. The van der Waals surface area contributed by atoms with Gasteiger partial charge in [-0.15, -0.1) is 0 Å². The summed E-state index contributed by atoms with van der Waals surface area (Å²) in [6.45, 7) is 13.1. The average Bonchev–Trinajstić information content (AvgIpc) is 2.78. The zero-order valence-corrected chi connectivity index (χ0v) is 15.6. The molecule has 0 aromatic carbocycles. The fourth-order valence-electron chi connectivity index (χ4n) is 3.42. The van der Waals surface area contributed by atoms with Crippen LogP contribution in [0, 0.1) is 12.8 Å². The smallest absolute Gasteiger partial charge is 0.216 e. The van der Waals surface area contributed by atoms with Crippen LogP contribution in [0.25, 0.3) is 0 Å². The van der Waals surface area contributed by atoms with Crippen LogP contribution in [-0.4, -0.2) is 72.5 Å². The monoisotopic (exact) mass is 323 g/mol. The van der Waals surface area contributed by atoms with E-state index in [2.05, 4.69) is 41.1 Å². The first-order valence-corrected chi connectivity index (χ1v) is 8.63. The highest BCUT2D eigenvalue weighted by Crippen LogP contribution is 2.21. The van der Waals surface area contributed by atoms with Crippen LogP contribution in [0.5, 0.6) is 5.88 Å². The van der Waals surface area contributed by atoms with E-state index in [4.69, 9.17) is 4.74 Å². The van der Waals surface area contributed by atoms with Gasteiger partial charge in [0.2, 0.25) is 5.88 Å². The van der Waals surface area contributed by atoms with E-state index in [1.165, 1.54) is 13.1 Å². The minimum absolute atomic E-state index is 0.576. The lowest BCUT2D eigenvalue weighted by Crippen LogP contribution is -2.53. The fourth-order valence-corrected chi connectivity index (χ4v) is 3.42. The van der Waals surface area contributed by atoms with E-state index in [1.54, 1.807) is 7.11 Å². The van der Waals surface area contributed by atoms with Crippen molar-refractivity contribution in [3.05, 3.63) is 11.3 Å². The van der Waals surface area contributed by atoms with E-state index in [9.17, 15) is 0 Å². The fraction of sp³-hybridized carbons (Fsp3) is 0.824. The molecule has 1 aliphatic heterocycles. The van der Waals surface area contributed by atoms with Crippen molar-refractivity contribution in [2.45, 2.75) is 33.4 Å². The Morgan fingerprint density at radius 2 is 1.83 bits per heavy atom. The quantitative estimate of drug-likeness (QED) is 0.814. The Morgan fingerprint density at radius 3 is 2.39 bits per heavy atom. The van der Waals surface area contributed by atoms with Gasteiger partial charge < -0.3 is 15.0 Å². The van der Waals surface area contributed by atoms with Gasteiger partial charge in [-0.05, 0) is 19.9 Å². The summed E-state index contributed by atoms with van der Waals surface area (Å²) in [6, 6.07) is 0.576. The Kier molecular flexibility index (Phi) is 6.44. The van der Waals surface area contributed by atoms with Crippen LogP contribution in [0.15, 0.2) is 0 Å². The first-order chi connectivity index (χ1) is 10.9. The van der Waals surface area contributed by atoms with E-state index in [-0.39, 0.29) is 0 Å². The molecule has 6 heteroatoms. The predicted octanol–water partition coefficient (Wildman–Crippen LogP) is 1.10. The second-order valence-corrected chi connectivity index (χ2v) is 6.98. The van der Waals surface area contributed by atoms with Crippen LogP contribution >= 0.6 is 0 Å². The summed E-state index contributed by atoms with van der Waals surface area (Å²) in [4.78, 5) is 5.04. The van der Waals surface area contributed by atoms with Crippen LogP contribution in [0.2, 0.25) is 0 Å². The van der Waals surface area contributed by atoms with Gasteiger partial charge in [0.05, 0.1) is 18.4 Å².